The lowest BCUT2D eigenvalue weighted by Crippen LogP contribution is -2.37. The summed E-state index contributed by atoms with van der Waals surface area (Å²) >= 11 is 0. The van der Waals surface area contributed by atoms with E-state index in [1.54, 1.807) is 0 Å². The minimum atomic E-state index is -0.493. The Hall–Kier alpha value is -1.76. The van der Waals surface area contributed by atoms with Crippen LogP contribution in [0, 0.1) is 11.8 Å². The second-order valence-corrected chi connectivity index (χ2v) is 5.90. The second-order valence-electron chi connectivity index (χ2n) is 5.90. The highest BCUT2D eigenvalue weighted by Crippen LogP contribution is 2.27. The highest BCUT2D eigenvalue weighted by atomic mass is 16.3. The zero-order chi connectivity index (χ0) is 14.9. The number of hydrogen-bond acceptors (Lipinski definition) is 5. The molecule has 0 saturated heterocycles. The molecule has 0 spiro atoms. The lowest BCUT2D eigenvalue weighted by atomic mass is 9.82. The first-order chi connectivity index (χ1) is 9.38. The van der Waals surface area contributed by atoms with E-state index >= 15 is 0 Å². The topological polar surface area (TPSA) is 113 Å². The van der Waals surface area contributed by atoms with Crippen molar-refractivity contribution in [3.63, 3.8) is 0 Å². The normalized spacial score (nSPS) is 21.8. The molecule has 1 aliphatic carbocycles. The van der Waals surface area contributed by atoms with Gasteiger partial charge in [0.05, 0.1) is 6.10 Å². The smallest absolute Gasteiger partial charge is 0.330 e. The maximum absolute atomic E-state index is 11.8. The van der Waals surface area contributed by atoms with Gasteiger partial charge in [0.15, 0.2) is 0 Å². The summed E-state index contributed by atoms with van der Waals surface area (Å²) in [5.74, 6) is 0.761. The lowest BCUT2D eigenvalue weighted by molar-refractivity contribution is 0.0487. The van der Waals surface area contributed by atoms with Gasteiger partial charge >= 0.3 is 5.69 Å². The van der Waals surface area contributed by atoms with Gasteiger partial charge in [0, 0.05) is 13.1 Å². The van der Waals surface area contributed by atoms with Crippen LogP contribution >= 0.6 is 0 Å². The van der Waals surface area contributed by atoms with E-state index in [2.05, 4.69) is 10.3 Å². The summed E-state index contributed by atoms with van der Waals surface area (Å²) in [6, 6.07) is 0. The monoisotopic (exact) mass is 282 g/mol. The zero-order valence-corrected chi connectivity index (χ0v) is 11.8. The molecule has 0 aromatic carbocycles. The van der Waals surface area contributed by atoms with Crippen molar-refractivity contribution in [1.29, 1.82) is 0 Å². The molecule has 1 aliphatic rings. The first-order valence-corrected chi connectivity index (χ1v) is 6.93. The van der Waals surface area contributed by atoms with E-state index in [0.29, 0.717) is 19.0 Å². The van der Waals surface area contributed by atoms with Crippen LogP contribution < -0.4 is 22.3 Å². The number of nitrogens with two attached hydrogens (primary N) is 1. The van der Waals surface area contributed by atoms with Crippen molar-refractivity contribution in [3.8, 4) is 0 Å². The van der Waals surface area contributed by atoms with Crippen molar-refractivity contribution in [2.75, 3.05) is 17.6 Å². The van der Waals surface area contributed by atoms with E-state index in [9.17, 15) is 14.7 Å². The molecule has 0 atom stereocenters. The average molecular weight is 282 g/mol. The van der Waals surface area contributed by atoms with Crippen LogP contribution in [-0.2, 0) is 6.54 Å². The Bertz CT molecular complexity index is 584. The van der Waals surface area contributed by atoms with Gasteiger partial charge < -0.3 is 16.2 Å². The predicted octanol–water partition coefficient (Wildman–Crippen LogP) is -0.0424. The van der Waals surface area contributed by atoms with Crippen LogP contribution in [-0.4, -0.2) is 27.3 Å². The summed E-state index contributed by atoms with van der Waals surface area (Å²) in [5.41, 5.74) is 5.21. The Labute approximate surface area is 116 Å². The van der Waals surface area contributed by atoms with Crippen LogP contribution in [0.4, 0.5) is 11.5 Å². The van der Waals surface area contributed by atoms with Crippen molar-refractivity contribution in [2.45, 2.75) is 39.3 Å². The van der Waals surface area contributed by atoms with Gasteiger partial charge in [0.25, 0.3) is 5.56 Å². The molecule has 2 rings (SSSR count). The summed E-state index contributed by atoms with van der Waals surface area (Å²) in [4.78, 5) is 25.9. The second kappa shape index (κ2) is 5.70. The van der Waals surface area contributed by atoms with Gasteiger partial charge in [-0.25, -0.2) is 4.79 Å². The Balaban J connectivity index is 2.19. The Morgan fingerprint density at radius 2 is 2.10 bits per heavy atom. The minimum absolute atomic E-state index is 0.173. The fourth-order valence-corrected chi connectivity index (χ4v) is 2.42. The third kappa shape index (κ3) is 3.04. The number of nitrogens with one attached hydrogen (secondary N) is 2. The van der Waals surface area contributed by atoms with E-state index in [1.807, 2.05) is 13.8 Å². The molecule has 1 fully saturated rings. The van der Waals surface area contributed by atoms with Crippen molar-refractivity contribution >= 4 is 11.5 Å². The van der Waals surface area contributed by atoms with Gasteiger partial charge in [0.1, 0.15) is 11.5 Å². The maximum atomic E-state index is 11.8. The fourth-order valence-electron chi connectivity index (χ4n) is 2.42. The molecular weight excluding hydrogens is 260 g/mol. The lowest BCUT2D eigenvalue weighted by Gasteiger charge is -2.31. The summed E-state index contributed by atoms with van der Waals surface area (Å²) in [5, 5.41) is 12.2. The number of hydrogen-bond donors (Lipinski definition) is 4. The summed E-state index contributed by atoms with van der Waals surface area (Å²) < 4.78 is 1.38. The molecule has 5 N–H and O–H groups in total. The van der Waals surface area contributed by atoms with Gasteiger partial charge in [-0.15, -0.1) is 0 Å². The van der Waals surface area contributed by atoms with Crippen LogP contribution in [0.2, 0.25) is 0 Å². The van der Waals surface area contributed by atoms with E-state index in [0.717, 1.165) is 12.8 Å². The van der Waals surface area contributed by atoms with Crippen molar-refractivity contribution < 1.29 is 5.11 Å². The molecule has 1 saturated carbocycles. The number of H-pyrrole nitrogens is 1. The van der Waals surface area contributed by atoms with Crippen molar-refractivity contribution in [1.82, 2.24) is 9.55 Å². The molecule has 7 heteroatoms. The van der Waals surface area contributed by atoms with Crippen LogP contribution in [0.25, 0.3) is 0 Å². The molecule has 20 heavy (non-hydrogen) atoms. The van der Waals surface area contributed by atoms with Crippen LogP contribution in [0.1, 0.15) is 26.7 Å². The molecular formula is C13H22N4O3. The fraction of sp³-hybridized carbons (Fsp3) is 0.692. The first kappa shape index (κ1) is 14.6. The summed E-state index contributed by atoms with van der Waals surface area (Å²) in [6.07, 6.45) is 1.24. The Morgan fingerprint density at radius 3 is 2.65 bits per heavy atom. The molecule has 0 unspecified atom stereocenters. The van der Waals surface area contributed by atoms with Gasteiger partial charge in [-0.05, 0) is 24.7 Å². The van der Waals surface area contributed by atoms with E-state index < -0.39 is 11.2 Å². The SMILES string of the molecule is CC(C)Cn1c(N)c(NCC2CC(O)C2)c(=O)[nH]c1=O. The number of aromatic amines is 1. The Kier molecular flexibility index (Phi) is 4.17. The third-order valence-corrected chi connectivity index (χ3v) is 3.57. The number of nitrogens with zero attached hydrogens (tertiary/aromatic N) is 1. The molecule has 0 aliphatic heterocycles. The zero-order valence-electron chi connectivity index (χ0n) is 11.8. The molecule has 112 valence electrons. The Morgan fingerprint density at radius 1 is 1.45 bits per heavy atom. The van der Waals surface area contributed by atoms with Gasteiger partial charge in [-0.1, -0.05) is 13.8 Å². The molecule has 0 amide bonds. The number of aliphatic hydroxyl groups excluding tert-OH is 1. The van der Waals surface area contributed by atoms with E-state index in [-0.39, 0.29) is 23.5 Å². The largest absolute Gasteiger partial charge is 0.393 e. The standard InChI is InChI=1S/C13H22N4O3/c1-7(2)6-17-11(14)10(12(19)16-13(17)20)15-5-8-3-9(18)4-8/h7-9,15,18H,3-6,14H2,1-2H3,(H,16,19,20). The van der Waals surface area contributed by atoms with Gasteiger partial charge in [-0.3, -0.25) is 14.3 Å². The molecule has 0 bridgehead atoms. The average Bonchev–Trinajstić information content (AvgIpc) is 2.31. The van der Waals surface area contributed by atoms with Crippen molar-refractivity contribution in [2.24, 2.45) is 11.8 Å². The number of nitrogen functional groups attached to an aromatic ring is 1. The van der Waals surface area contributed by atoms with Crippen molar-refractivity contribution in [3.05, 3.63) is 20.8 Å². The minimum Gasteiger partial charge on any atom is -0.393 e. The van der Waals surface area contributed by atoms with Crippen LogP contribution in [0.15, 0.2) is 9.59 Å². The van der Waals surface area contributed by atoms with Gasteiger partial charge in [0.2, 0.25) is 0 Å². The third-order valence-electron chi connectivity index (χ3n) is 3.57. The first-order valence-electron chi connectivity index (χ1n) is 6.93. The molecule has 1 aromatic heterocycles. The van der Waals surface area contributed by atoms with Gasteiger partial charge in [-0.2, -0.15) is 0 Å². The quantitative estimate of drug-likeness (QED) is 0.605. The predicted molar refractivity (Wildman–Crippen MR) is 77.8 cm³/mol. The molecule has 1 heterocycles. The highest BCUT2D eigenvalue weighted by Gasteiger charge is 2.27. The molecule has 1 aromatic rings. The molecule has 7 nitrogen and oxygen atoms in total. The highest BCUT2D eigenvalue weighted by molar-refractivity contribution is 5.60. The number of aromatic nitrogens is 2. The van der Waals surface area contributed by atoms with Crippen LogP contribution in [0.5, 0.6) is 0 Å². The van der Waals surface area contributed by atoms with Crippen LogP contribution in [0.3, 0.4) is 0 Å². The maximum Gasteiger partial charge on any atom is 0.330 e. The summed E-state index contributed by atoms with van der Waals surface area (Å²) in [7, 11) is 0. The van der Waals surface area contributed by atoms with E-state index in [4.69, 9.17) is 5.73 Å². The summed E-state index contributed by atoms with van der Waals surface area (Å²) in [6.45, 7) is 4.97. The number of aliphatic hydroxyl groups is 1. The van der Waals surface area contributed by atoms with E-state index in [1.165, 1.54) is 4.57 Å². The number of rotatable bonds is 5. The number of anilines is 2. The molecule has 0 radical (unpaired) electrons.